The third kappa shape index (κ3) is 4.49. The quantitative estimate of drug-likeness (QED) is 0.554. The maximum atomic E-state index is 12.6. The number of amides is 4. The summed E-state index contributed by atoms with van der Waals surface area (Å²) in [5.74, 6) is -1.42. The average molecular weight is 395 g/mol. The number of hydrogen-bond donors (Lipinski definition) is 2. The van der Waals surface area contributed by atoms with Crippen molar-refractivity contribution >= 4 is 35.0 Å². The standard InChI is InChI=1S/C21H21N3O5/c1-13(25)22-15-5-3-6-16(12-15)23-19(26)14-7-8-17-18(11-14)21(28)24(20(17)27)9-4-10-29-2/h3,5-8,11-12H,4,9-10H2,1-2H3,(H,22,25)(H,23,26). The summed E-state index contributed by atoms with van der Waals surface area (Å²) in [6, 6.07) is 11.1. The molecule has 2 aromatic carbocycles. The number of carbonyl (C=O) groups is 4. The van der Waals surface area contributed by atoms with E-state index in [1.165, 1.54) is 30.0 Å². The van der Waals surface area contributed by atoms with Gasteiger partial charge in [0.2, 0.25) is 5.91 Å². The van der Waals surface area contributed by atoms with Crippen LogP contribution in [0.15, 0.2) is 42.5 Å². The van der Waals surface area contributed by atoms with E-state index in [1.807, 2.05) is 0 Å². The number of nitrogens with zero attached hydrogens (tertiary/aromatic N) is 1. The first-order valence-corrected chi connectivity index (χ1v) is 9.09. The Labute approximate surface area is 167 Å². The van der Waals surface area contributed by atoms with Crippen molar-refractivity contribution in [1.29, 1.82) is 0 Å². The lowest BCUT2D eigenvalue weighted by Crippen LogP contribution is -2.31. The number of rotatable bonds is 7. The Morgan fingerprint density at radius 2 is 1.66 bits per heavy atom. The molecule has 0 saturated carbocycles. The van der Waals surface area contributed by atoms with E-state index >= 15 is 0 Å². The molecule has 0 atom stereocenters. The Kier molecular flexibility index (Phi) is 6.04. The molecule has 3 rings (SSSR count). The van der Waals surface area contributed by atoms with E-state index in [0.717, 1.165) is 0 Å². The number of anilines is 2. The number of nitrogens with one attached hydrogen (secondary N) is 2. The molecule has 0 spiro atoms. The molecule has 8 heteroatoms. The van der Waals surface area contributed by atoms with Crippen molar-refractivity contribution in [1.82, 2.24) is 4.90 Å². The Bertz CT molecular complexity index is 986. The monoisotopic (exact) mass is 395 g/mol. The van der Waals surface area contributed by atoms with Gasteiger partial charge in [0.1, 0.15) is 0 Å². The van der Waals surface area contributed by atoms with E-state index in [9.17, 15) is 19.2 Å². The van der Waals surface area contributed by atoms with Gasteiger partial charge in [-0.2, -0.15) is 0 Å². The molecule has 0 unspecified atom stereocenters. The third-order valence-electron chi connectivity index (χ3n) is 4.40. The fourth-order valence-corrected chi connectivity index (χ4v) is 3.08. The van der Waals surface area contributed by atoms with Crippen LogP contribution in [0, 0.1) is 0 Å². The molecule has 0 aromatic heterocycles. The van der Waals surface area contributed by atoms with Gasteiger partial charge in [-0.05, 0) is 42.8 Å². The van der Waals surface area contributed by atoms with Crippen LogP contribution in [0.2, 0.25) is 0 Å². The lowest BCUT2D eigenvalue weighted by Gasteiger charge is -2.12. The summed E-state index contributed by atoms with van der Waals surface area (Å²) in [5, 5.41) is 5.37. The van der Waals surface area contributed by atoms with Gasteiger partial charge in [-0.25, -0.2) is 0 Å². The van der Waals surface area contributed by atoms with Crippen molar-refractivity contribution in [2.24, 2.45) is 0 Å². The van der Waals surface area contributed by atoms with Crippen LogP contribution in [0.4, 0.5) is 11.4 Å². The van der Waals surface area contributed by atoms with Crippen molar-refractivity contribution in [3.05, 3.63) is 59.2 Å². The topological polar surface area (TPSA) is 105 Å². The van der Waals surface area contributed by atoms with Gasteiger partial charge in [0.15, 0.2) is 0 Å². The lowest BCUT2D eigenvalue weighted by molar-refractivity contribution is -0.114. The van der Waals surface area contributed by atoms with E-state index in [4.69, 9.17) is 4.74 Å². The number of ether oxygens (including phenoxy) is 1. The maximum absolute atomic E-state index is 12.6. The van der Waals surface area contributed by atoms with Crippen LogP contribution in [-0.4, -0.2) is 48.8 Å². The molecular formula is C21H21N3O5. The number of methoxy groups -OCH3 is 1. The second kappa shape index (κ2) is 8.66. The fraction of sp³-hybridized carbons (Fsp3) is 0.238. The molecule has 2 aromatic rings. The van der Waals surface area contributed by atoms with E-state index < -0.39 is 11.8 Å². The van der Waals surface area contributed by atoms with Crippen LogP contribution >= 0.6 is 0 Å². The molecule has 1 aliphatic heterocycles. The predicted octanol–water partition coefficient (Wildman–Crippen LogP) is 2.53. The van der Waals surface area contributed by atoms with Crippen LogP contribution in [-0.2, 0) is 9.53 Å². The number of benzene rings is 2. The Morgan fingerprint density at radius 1 is 0.966 bits per heavy atom. The molecule has 29 heavy (non-hydrogen) atoms. The Hall–Kier alpha value is -3.52. The summed E-state index contributed by atoms with van der Waals surface area (Å²) >= 11 is 0. The molecule has 0 fully saturated rings. The SMILES string of the molecule is COCCCN1C(=O)c2ccc(C(=O)Nc3cccc(NC(C)=O)c3)cc2C1=O. The largest absolute Gasteiger partial charge is 0.385 e. The molecule has 1 heterocycles. The van der Waals surface area contributed by atoms with Crippen LogP contribution < -0.4 is 10.6 Å². The minimum absolute atomic E-state index is 0.215. The van der Waals surface area contributed by atoms with Crippen LogP contribution in [0.3, 0.4) is 0 Å². The van der Waals surface area contributed by atoms with Crippen molar-refractivity contribution in [2.75, 3.05) is 30.9 Å². The normalized spacial score (nSPS) is 12.7. The van der Waals surface area contributed by atoms with E-state index in [1.54, 1.807) is 31.4 Å². The van der Waals surface area contributed by atoms with Crippen molar-refractivity contribution in [3.63, 3.8) is 0 Å². The van der Waals surface area contributed by atoms with Crippen molar-refractivity contribution < 1.29 is 23.9 Å². The first kappa shape index (κ1) is 20.2. The summed E-state index contributed by atoms with van der Waals surface area (Å²) < 4.78 is 4.96. The fourth-order valence-electron chi connectivity index (χ4n) is 3.08. The third-order valence-corrected chi connectivity index (χ3v) is 4.40. The van der Waals surface area contributed by atoms with Gasteiger partial charge in [-0.15, -0.1) is 0 Å². The Balaban J connectivity index is 1.75. The van der Waals surface area contributed by atoms with Gasteiger partial charge < -0.3 is 15.4 Å². The first-order chi connectivity index (χ1) is 13.9. The number of carbonyl (C=O) groups excluding carboxylic acids is 4. The zero-order valence-corrected chi connectivity index (χ0v) is 16.2. The summed E-state index contributed by atoms with van der Waals surface area (Å²) in [5.41, 5.74) is 1.80. The second-order valence-electron chi connectivity index (χ2n) is 6.58. The maximum Gasteiger partial charge on any atom is 0.261 e. The molecular weight excluding hydrogens is 374 g/mol. The zero-order valence-electron chi connectivity index (χ0n) is 16.2. The van der Waals surface area contributed by atoms with Crippen LogP contribution in [0.1, 0.15) is 44.4 Å². The van der Waals surface area contributed by atoms with E-state index in [0.29, 0.717) is 24.4 Å². The molecule has 4 amide bonds. The van der Waals surface area contributed by atoms with Gasteiger partial charge in [0, 0.05) is 44.1 Å². The molecule has 0 bridgehead atoms. The van der Waals surface area contributed by atoms with Gasteiger partial charge >= 0.3 is 0 Å². The van der Waals surface area contributed by atoms with Crippen LogP contribution in [0.25, 0.3) is 0 Å². The lowest BCUT2D eigenvalue weighted by atomic mass is 10.1. The molecule has 1 aliphatic rings. The number of hydrogen-bond acceptors (Lipinski definition) is 5. The molecule has 0 aliphatic carbocycles. The van der Waals surface area contributed by atoms with Crippen LogP contribution in [0.5, 0.6) is 0 Å². The first-order valence-electron chi connectivity index (χ1n) is 9.09. The van der Waals surface area contributed by atoms with E-state index in [-0.39, 0.29) is 35.0 Å². The predicted molar refractivity (Wildman–Crippen MR) is 107 cm³/mol. The van der Waals surface area contributed by atoms with Gasteiger partial charge in [-0.1, -0.05) is 6.07 Å². The molecule has 150 valence electrons. The van der Waals surface area contributed by atoms with Gasteiger partial charge in [0.25, 0.3) is 17.7 Å². The highest BCUT2D eigenvalue weighted by atomic mass is 16.5. The second-order valence-corrected chi connectivity index (χ2v) is 6.58. The summed E-state index contributed by atoms with van der Waals surface area (Å²) in [6.07, 6.45) is 0.542. The highest BCUT2D eigenvalue weighted by molar-refractivity contribution is 6.22. The smallest absolute Gasteiger partial charge is 0.261 e. The zero-order chi connectivity index (χ0) is 21.0. The average Bonchev–Trinajstić information content (AvgIpc) is 2.92. The summed E-state index contributed by atoms with van der Waals surface area (Å²) in [7, 11) is 1.55. The number of fused-ring (bicyclic) bond motifs is 1. The summed E-state index contributed by atoms with van der Waals surface area (Å²) in [4.78, 5) is 49.9. The number of imide groups is 1. The van der Waals surface area contributed by atoms with E-state index in [2.05, 4.69) is 10.6 Å². The van der Waals surface area contributed by atoms with Gasteiger partial charge in [-0.3, -0.25) is 24.1 Å². The van der Waals surface area contributed by atoms with Gasteiger partial charge in [0.05, 0.1) is 11.1 Å². The Morgan fingerprint density at radius 3 is 2.34 bits per heavy atom. The molecule has 0 radical (unpaired) electrons. The van der Waals surface area contributed by atoms with Crippen molar-refractivity contribution in [2.45, 2.75) is 13.3 Å². The minimum Gasteiger partial charge on any atom is -0.385 e. The molecule has 2 N–H and O–H groups in total. The highest BCUT2D eigenvalue weighted by Crippen LogP contribution is 2.25. The molecule has 0 saturated heterocycles. The molecule has 8 nitrogen and oxygen atoms in total. The summed E-state index contributed by atoms with van der Waals surface area (Å²) in [6.45, 7) is 2.10. The van der Waals surface area contributed by atoms with Crippen molar-refractivity contribution in [3.8, 4) is 0 Å². The highest BCUT2D eigenvalue weighted by Gasteiger charge is 2.35. The minimum atomic E-state index is -0.425.